The summed E-state index contributed by atoms with van der Waals surface area (Å²) in [5, 5.41) is 43.1. The van der Waals surface area contributed by atoms with E-state index >= 15 is 0 Å². The molecule has 4 aromatic rings. The minimum absolute atomic E-state index is 0.00563. The number of aryl methyl sites for hydroxylation is 1. The molecule has 6 rings (SSSR count). The van der Waals surface area contributed by atoms with Crippen LogP contribution in [0.4, 0.5) is 15.3 Å². The molecule has 0 radical (unpaired) electrons. The summed E-state index contributed by atoms with van der Waals surface area (Å²) >= 11 is 0. The maximum absolute atomic E-state index is 12.9. The summed E-state index contributed by atoms with van der Waals surface area (Å²) in [6, 6.07) is 25.3. The largest absolute Gasteiger partial charge is 0.514 e. The maximum Gasteiger partial charge on any atom is 0.514 e. The van der Waals surface area contributed by atoms with Gasteiger partial charge >= 0.3 is 36.1 Å². The van der Waals surface area contributed by atoms with Crippen LogP contribution in [0.1, 0.15) is 60.3 Å². The lowest BCUT2D eigenvalue weighted by atomic mass is 9.71. The number of nitro groups is 1. The van der Waals surface area contributed by atoms with Crippen LogP contribution in [-0.2, 0) is 51.2 Å². The van der Waals surface area contributed by atoms with Crippen LogP contribution in [0.15, 0.2) is 91.0 Å². The minimum atomic E-state index is -1.62. The lowest BCUT2D eigenvalue weighted by Gasteiger charge is -2.44. The zero-order chi connectivity index (χ0) is 46.6. The molecule has 1 fully saturated rings. The summed E-state index contributed by atoms with van der Waals surface area (Å²) in [4.78, 5) is 84.8. The van der Waals surface area contributed by atoms with Crippen LogP contribution < -0.4 is 14.8 Å². The van der Waals surface area contributed by atoms with Gasteiger partial charge in [-0.3, -0.25) is 24.5 Å². The van der Waals surface area contributed by atoms with Gasteiger partial charge in [0.2, 0.25) is 6.29 Å². The zero-order valence-corrected chi connectivity index (χ0v) is 35.0. The second kappa shape index (κ2) is 21.7. The number of non-ortho nitro benzene ring substituents is 1. The molecular weight excluding hydrogens is 853 g/mol. The first kappa shape index (κ1) is 47.0. The van der Waals surface area contributed by atoms with E-state index in [1.807, 2.05) is 48.5 Å². The number of fused-ring (bicyclic) bond motifs is 3. The predicted octanol–water partition coefficient (Wildman–Crippen LogP) is 6.72. The number of carbonyl (C=O) groups excluding carboxylic acids is 3. The summed E-state index contributed by atoms with van der Waals surface area (Å²) in [5.41, 5.74) is 5.18. The monoisotopic (exact) mass is 898 g/mol. The molecule has 4 aromatic carbocycles. The third-order valence-electron chi connectivity index (χ3n) is 11.3. The van der Waals surface area contributed by atoms with Crippen molar-refractivity contribution in [1.82, 2.24) is 5.32 Å². The molecule has 342 valence electrons. The van der Waals surface area contributed by atoms with Gasteiger partial charge in [-0.2, -0.15) is 0 Å². The lowest BCUT2D eigenvalue weighted by molar-refractivity contribution is -0.384. The van der Waals surface area contributed by atoms with Crippen molar-refractivity contribution in [3.63, 3.8) is 0 Å². The SMILES string of the molecule is COC(=O)[C@H]1O[C@@H](Oc2ccc(COC(=O)Oc3ccc([N+](=O)[O-])cc3)c(CCCCNC(=O)OCC3c4ccccc4-c4ccccc43)c2)[C@H](CC(=O)O)[C@@H](CC(=O)O)[C@@H]1CC(=O)O. The van der Waals surface area contributed by atoms with E-state index in [1.54, 1.807) is 12.1 Å². The fraction of sp³-hybridized carbons (Fsp3) is 0.348. The number of nitrogens with one attached hydrogen (secondary N) is 1. The first-order valence-electron chi connectivity index (χ1n) is 20.6. The third kappa shape index (κ3) is 12.1. The number of rotatable bonds is 20. The number of alkyl carbamates (subject to hydrolysis) is 1. The van der Waals surface area contributed by atoms with Crippen LogP contribution in [0.25, 0.3) is 11.1 Å². The Morgan fingerprint density at radius 2 is 1.32 bits per heavy atom. The molecule has 0 saturated carbocycles. The van der Waals surface area contributed by atoms with Crippen LogP contribution in [0, 0.1) is 27.9 Å². The fourth-order valence-corrected chi connectivity index (χ4v) is 8.33. The molecule has 0 spiro atoms. The molecule has 1 amide bonds. The van der Waals surface area contributed by atoms with Crippen LogP contribution in [0.2, 0.25) is 0 Å². The average Bonchev–Trinajstić information content (AvgIpc) is 3.59. The maximum atomic E-state index is 12.9. The number of esters is 1. The second-order valence-electron chi connectivity index (χ2n) is 15.4. The Balaban J connectivity index is 1.15. The number of hydrogen-bond acceptors (Lipinski definition) is 14. The first-order chi connectivity index (χ1) is 31.2. The van der Waals surface area contributed by atoms with Crippen LogP contribution in [-0.4, -0.2) is 89.0 Å². The number of nitrogens with zero attached hydrogens (tertiary/aromatic N) is 1. The van der Waals surface area contributed by atoms with Gasteiger partial charge in [-0.1, -0.05) is 54.6 Å². The highest BCUT2D eigenvalue weighted by Crippen LogP contribution is 2.45. The zero-order valence-electron chi connectivity index (χ0n) is 35.0. The van der Waals surface area contributed by atoms with Gasteiger partial charge in [-0.15, -0.1) is 0 Å². The normalized spacial score (nSPS) is 18.6. The molecule has 65 heavy (non-hydrogen) atoms. The molecule has 0 unspecified atom stereocenters. The van der Waals surface area contributed by atoms with E-state index in [-0.39, 0.29) is 42.9 Å². The van der Waals surface area contributed by atoms with Gasteiger partial charge in [0, 0.05) is 42.9 Å². The fourth-order valence-electron chi connectivity index (χ4n) is 8.33. The third-order valence-corrected chi connectivity index (χ3v) is 11.3. The Hall–Kier alpha value is -7.54. The van der Waals surface area contributed by atoms with E-state index < -0.39 is 90.5 Å². The van der Waals surface area contributed by atoms with Crippen molar-refractivity contribution in [2.45, 2.75) is 63.4 Å². The van der Waals surface area contributed by atoms with E-state index in [0.717, 1.165) is 41.5 Å². The number of carbonyl (C=O) groups is 6. The molecule has 1 heterocycles. The van der Waals surface area contributed by atoms with E-state index in [9.17, 15) is 54.2 Å². The molecule has 0 bridgehead atoms. The van der Waals surface area contributed by atoms with Crippen molar-refractivity contribution in [3.8, 4) is 22.6 Å². The van der Waals surface area contributed by atoms with Crippen LogP contribution in [0.5, 0.6) is 11.5 Å². The van der Waals surface area contributed by atoms with Gasteiger partial charge in [0.25, 0.3) is 5.69 Å². The summed E-state index contributed by atoms with van der Waals surface area (Å²) in [6.07, 6.45) is -5.75. The molecule has 19 nitrogen and oxygen atoms in total. The molecule has 5 atom stereocenters. The highest BCUT2D eigenvalue weighted by Gasteiger charge is 2.51. The number of unbranched alkanes of at least 4 members (excludes halogenated alkanes) is 1. The Bertz CT molecular complexity index is 2360. The van der Waals surface area contributed by atoms with E-state index in [2.05, 4.69) is 5.32 Å². The number of benzene rings is 4. The predicted molar refractivity (Wildman–Crippen MR) is 225 cm³/mol. The Morgan fingerprint density at radius 1 is 0.723 bits per heavy atom. The first-order valence-corrected chi connectivity index (χ1v) is 20.6. The van der Waals surface area contributed by atoms with Crippen LogP contribution >= 0.6 is 0 Å². The van der Waals surface area contributed by atoms with Gasteiger partial charge in [0.15, 0.2) is 6.10 Å². The standard InChI is InChI=1S/C46H46N2O17/c1-60-43(55)42-36(22-40(51)52)35(21-39(49)50)37(23-41(53)54)44(65-42)63-30-16-13-27(24-62-46(57)64-29-17-14-28(15-18-29)48(58)59)26(20-30)8-6-7-19-47-45(56)61-25-38-33-11-4-2-9-31(33)32-10-3-5-12-34(32)38/h2-5,9-18,20,35-38,42,44H,6-8,19,21-25H2,1H3,(H,47,56)(H,49,50)(H,51,52)(H,53,54)/t35-,36-,37+,42-,44+/m0/s1. The number of carboxylic acids is 3. The van der Waals surface area contributed by atoms with E-state index in [4.69, 9.17) is 28.4 Å². The van der Waals surface area contributed by atoms with Crippen molar-refractivity contribution in [2.75, 3.05) is 20.3 Å². The second-order valence-corrected chi connectivity index (χ2v) is 15.4. The minimum Gasteiger partial charge on any atom is -0.481 e. The topological polar surface area (TPSA) is 274 Å². The van der Waals surface area contributed by atoms with E-state index in [0.29, 0.717) is 30.4 Å². The van der Waals surface area contributed by atoms with Crippen molar-refractivity contribution >= 4 is 41.8 Å². The van der Waals surface area contributed by atoms with Gasteiger partial charge < -0.3 is 49.1 Å². The molecule has 2 aliphatic rings. The van der Waals surface area contributed by atoms with Gasteiger partial charge in [0.05, 0.1) is 24.9 Å². The van der Waals surface area contributed by atoms with Crippen molar-refractivity contribution in [1.29, 1.82) is 0 Å². The quantitative estimate of drug-likeness (QED) is 0.0179. The molecular formula is C46H46N2O17. The van der Waals surface area contributed by atoms with Crippen LogP contribution in [0.3, 0.4) is 0 Å². The number of aliphatic carboxylic acids is 3. The van der Waals surface area contributed by atoms with E-state index in [1.165, 1.54) is 18.2 Å². The number of carboxylic acid groups (broad SMARTS) is 3. The molecule has 4 N–H and O–H groups in total. The number of methoxy groups -OCH3 is 1. The van der Waals surface area contributed by atoms with Gasteiger partial charge in [0.1, 0.15) is 24.7 Å². The van der Waals surface area contributed by atoms with Crippen molar-refractivity contribution in [2.24, 2.45) is 17.8 Å². The van der Waals surface area contributed by atoms with Gasteiger partial charge in [-0.25, -0.2) is 14.4 Å². The van der Waals surface area contributed by atoms with Crippen molar-refractivity contribution < 1.29 is 77.4 Å². The lowest BCUT2D eigenvalue weighted by Crippen LogP contribution is -2.54. The Morgan fingerprint density at radius 3 is 1.94 bits per heavy atom. The summed E-state index contributed by atoms with van der Waals surface area (Å²) in [7, 11) is 1.04. The number of hydrogen-bond donors (Lipinski definition) is 4. The molecule has 1 saturated heterocycles. The summed E-state index contributed by atoms with van der Waals surface area (Å²) in [6.45, 7) is 0.0612. The summed E-state index contributed by atoms with van der Waals surface area (Å²) in [5.74, 6) is -8.85. The Kier molecular flexibility index (Phi) is 15.7. The average molecular weight is 899 g/mol. The Labute approximate surface area is 371 Å². The number of nitro benzene ring substituents is 1. The van der Waals surface area contributed by atoms with Gasteiger partial charge in [-0.05, 0) is 82.8 Å². The van der Waals surface area contributed by atoms with Crippen molar-refractivity contribution in [3.05, 3.63) is 123 Å². The number of amides is 1. The summed E-state index contributed by atoms with van der Waals surface area (Å²) < 4.78 is 33.1. The highest BCUT2D eigenvalue weighted by atomic mass is 16.7. The molecule has 19 heteroatoms. The molecule has 0 aromatic heterocycles. The molecule has 1 aliphatic carbocycles. The smallest absolute Gasteiger partial charge is 0.481 e. The molecule has 1 aliphatic heterocycles. The number of ether oxygens (including phenoxy) is 6. The highest BCUT2D eigenvalue weighted by molar-refractivity contribution is 5.79.